The normalized spacial score (nSPS) is 25.1. The maximum absolute atomic E-state index is 11.4. The number of hydrogen-bond donors (Lipinski definition) is 1. The van der Waals surface area contributed by atoms with E-state index in [0.29, 0.717) is 15.3 Å². The second-order valence-corrected chi connectivity index (χ2v) is 4.65. The fourth-order valence-electron chi connectivity index (χ4n) is 1.63. The van der Waals surface area contributed by atoms with Crippen LogP contribution in [0, 0.1) is 0 Å². The van der Waals surface area contributed by atoms with Gasteiger partial charge in [0.25, 0.3) is 0 Å². The van der Waals surface area contributed by atoms with Gasteiger partial charge in [-0.2, -0.15) is 0 Å². The quantitative estimate of drug-likeness (QED) is 0.848. The highest BCUT2D eigenvalue weighted by Gasteiger charge is 2.34. The Kier molecular flexibility index (Phi) is 3.59. The van der Waals surface area contributed by atoms with E-state index in [0.717, 1.165) is 0 Å². The molecule has 1 N–H and O–H groups in total. The van der Waals surface area contributed by atoms with Gasteiger partial charge in [0, 0.05) is 12.0 Å². The Bertz CT molecular complexity index is 427. The molecular formula is C10H9BrClNO3. The highest BCUT2D eigenvalue weighted by atomic mass is 79.9. The Morgan fingerprint density at radius 2 is 2.38 bits per heavy atom. The van der Waals surface area contributed by atoms with Crippen molar-refractivity contribution in [1.82, 2.24) is 4.98 Å². The molecular weight excluding hydrogens is 297 g/mol. The number of pyridine rings is 1. The zero-order valence-electron chi connectivity index (χ0n) is 8.19. The number of Topliss-reactive ketones (excluding diaryl/α,β-unsaturated/α-hetero) is 1. The molecule has 1 aromatic heterocycles. The number of ketones is 1. The lowest BCUT2D eigenvalue weighted by Gasteiger charge is -2.12. The van der Waals surface area contributed by atoms with Gasteiger partial charge in [0.05, 0.1) is 12.7 Å². The zero-order chi connectivity index (χ0) is 11.7. The molecule has 1 aliphatic heterocycles. The van der Waals surface area contributed by atoms with E-state index in [9.17, 15) is 4.79 Å². The van der Waals surface area contributed by atoms with Gasteiger partial charge in [0.2, 0.25) is 0 Å². The number of ether oxygens (including phenoxy) is 1. The largest absolute Gasteiger partial charge is 0.393 e. The van der Waals surface area contributed by atoms with Crippen LogP contribution in [-0.2, 0) is 9.53 Å². The van der Waals surface area contributed by atoms with Crippen molar-refractivity contribution in [2.45, 2.75) is 18.6 Å². The predicted molar refractivity (Wildman–Crippen MR) is 61.3 cm³/mol. The molecule has 0 aromatic carbocycles. The molecule has 1 fully saturated rings. The Labute approximate surface area is 106 Å². The van der Waals surface area contributed by atoms with Gasteiger partial charge in [-0.1, -0.05) is 17.7 Å². The molecule has 1 saturated heterocycles. The highest BCUT2D eigenvalue weighted by molar-refractivity contribution is 9.10. The number of nitrogens with zero attached hydrogens (tertiary/aromatic N) is 1. The molecule has 0 aliphatic carbocycles. The standard InChI is InChI=1S/C10H9BrClNO3/c11-9-2-1-5(10(12)13-9)7-3-6(15)8(4-14)16-7/h1-2,7-8,14H,3-4H2/t7-,8-/m1/s1. The summed E-state index contributed by atoms with van der Waals surface area (Å²) in [6, 6.07) is 3.50. The summed E-state index contributed by atoms with van der Waals surface area (Å²) in [5.41, 5.74) is 0.675. The van der Waals surface area contributed by atoms with Gasteiger partial charge in [0.15, 0.2) is 5.78 Å². The minimum Gasteiger partial charge on any atom is -0.393 e. The highest BCUT2D eigenvalue weighted by Crippen LogP contribution is 2.34. The molecule has 0 spiro atoms. The summed E-state index contributed by atoms with van der Waals surface area (Å²) >= 11 is 9.15. The van der Waals surface area contributed by atoms with Gasteiger partial charge in [-0.3, -0.25) is 4.79 Å². The third-order valence-electron chi connectivity index (χ3n) is 2.43. The van der Waals surface area contributed by atoms with Gasteiger partial charge in [-0.05, 0) is 22.0 Å². The third-order valence-corrected chi connectivity index (χ3v) is 3.17. The molecule has 2 heterocycles. The number of carbonyl (C=O) groups excluding carboxylic acids is 1. The van der Waals surface area contributed by atoms with Crippen LogP contribution in [0.4, 0.5) is 0 Å². The van der Waals surface area contributed by atoms with Crippen molar-refractivity contribution in [2.24, 2.45) is 0 Å². The van der Waals surface area contributed by atoms with E-state index in [1.807, 2.05) is 0 Å². The number of aromatic nitrogens is 1. The summed E-state index contributed by atoms with van der Waals surface area (Å²) in [4.78, 5) is 15.4. The van der Waals surface area contributed by atoms with Crippen molar-refractivity contribution >= 4 is 33.3 Å². The second kappa shape index (κ2) is 4.79. The van der Waals surface area contributed by atoms with Crippen LogP contribution in [0.3, 0.4) is 0 Å². The molecule has 0 saturated carbocycles. The second-order valence-electron chi connectivity index (χ2n) is 3.48. The molecule has 1 aliphatic rings. The first kappa shape index (κ1) is 12.0. The van der Waals surface area contributed by atoms with Crippen LogP contribution in [-0.4, -0.2) is 28.6 Å². The van der Waals surface area contributed by atoms with Crippen molar-refractivity contribution in [1.29, 1.82) is 0 Å². The SMILES string of the molecule is O=C1C[C@H](c2ccc(Br)nc2Cl)O[C@@H]1CO. The Hall–Kier alpha value is -0.490. The van der Waals surface area contributed by atoms with E-state index in [-0.39, 0.29) is 18.8 Å². The molecule has 1 aromatic rings. The lowest BCUT2D eigenvalue weighted by Crippen LogP contribution is -2.19. The predicted octanol–water partition coefficient (Wildman–Crippen LogP) is 1.89. The first-order valence-electron chi connectivity index (χ1n) is 4.73. The zero-order valence-corrected chi connectivity index (χ0v) is 10.5. The number of carbonyl (C=O) groups is 1. The van der Waals surface area contributed by atoms with E-state index in [4.69, 9.17) is 21.4 Å². The maximum atomic E-state index is 11.4. The van der Waals surface area contributed by atoms with Crippen molar-refractivity contribution in [3.63, 3.8) is 0 Å². The summed E-state index contributed by atoms with van der Waals surface area (Å²) in [6.45, 7) is -0.295. The molecule has 0 unspecified atom stereocenters. The van der Waals surface area contributed by atoms with E-state index in [2.05, 4.69) is 20.9 Å². The fraction of sp³-hybridized carbons (Fsp3) is 0.400. The van der Waals surface area contributed by atoms with Crippen LogP contribution < -0.4 is 0 Å². The monoisotopic (exact) mass is 305 g/mol. The third kappa shape index (κ3) is 2.27. The number of halogens is 2. The average molecular weight is 307 g/mol. The Balaban J connectivity index is 2.23. The summed E-state index contributed by atoms with van der Waals surface area (Å²) in [6.07, 6.45) is -0.906. The number of aliphatic hydroxyl groups excluding tert-OH is 1. The lowest BCUT2D eigenvalue weighted by molar-refractivity contribution is -0.124. The topological polar surface area (TPSA) is 59.4 Å². The molecule has 6 heteroatoms. The number of rotatable bonds is 2. The fourth-order valence-corrected chi connectivity index (χ4v) is 2.31. The van der Waals surface area contributed by atoms with Gasteiger partial charge < -0.3 is 9.84 Å². The molecule has 0 amide bonds. The summed E-state index contributed by atoms with van der Waals surface area (Å²) in [5.74, 6) is -0.105. The molecule has 4 nitrogen and oxygen atoms in total. The van der Waals surface area contributed by atoms with Gasteiger partial charge in [0.1, 0.15) is 15.9 Å². The molecule has 0 bridgehead atoms. The van der Waals surface area contributed by atoms with Crippen LogP contribution in [0.25, 0.3) is 0 Å². The van der Waals surface area contributed by atoms with Crippen LogP contribution in [0.1, 0.15) is 18.1 Å². The Morgan fingerprint density at radius 3 is 2.94 bits per heavy atom. The van der Waals surface area contributed by atoms with Gasteiger partial charge >= 0.3 is 0 Å². The molecule has 0 radical (unpaired) electrons. The summed E-state index contributed by atoms with van der Waals surface area (Å²) in [7, 11) is 0. The summed E-state index contributed by atoms with van der Waals surface area (Å²) in [5, 5.41) is 9.22. The van der Waals surface area contributed by atoms with E-state index < -0.39 is 12.2 Å². The Morgan fingerprint density at radius 1 is 1.62 bits per heavy atom. The van der Waals surface area contributed by atoms with E-state index >= 15 is 0 Å². The molecule has 2 atom stereocenters. The van der Waals surface area contributed by atoms with Crippen LogP contribution in [0.5, 0.6) is 0 Å². The minimum absolute atomic E-state index is 0.105. The van der Waals surface area contributed by atoms with Crippen molar-refractivity contribution in [2.75, 3.05) is 6.61 Å². The molecule has 2 rings (SSSR count). The minimum atomic E-state index is -0.732. The van der Waals surface area contributed by atoms with Crippen LogP contribution in [0.2, 0.25) is 5.15 Å². The van der Waals surface area contributed by atoms with Crippen LogP contribution >= 0.6 is 27.5 Å². The summed E-state index contributed by atoms with van der Waals surface area (Å²) < 4.78 is 6.02. The average Bonchev–Trinajstić information content (AvgIpc) is 2.59. The van der Waals surface area contributed by atoms with Gasteiger partial charge in [-0.15, -0.1) is 0 Å². The van der Waals surface area contributed by atoms with Gasteiger partial charge in [-0.25, -0.2) is 4.98 Å². The van der Waals surface area contributed by atoms with Crippen molar-refractivity contribution in [3.05, 3.63) is 27.5 Å². The number of hydrogen-bond acceptors (Lipinski definition) is 4. The first-order chi connectivity index (χ1) is 7.61. The molecule has 86 valence electrons. The van der Waals surface area contributed by atoms with Crippen molar-refractivity contribution in [3.8, 4) is 0 Å². The maximum Gasteiger partial charge on any atom is 0.166 e. The number of aliphatic hydroxyl groups is 1. The first-order valence-corrected chi connectivity index (χ1v) is 5.90. The van der Waals surface area contributed by atoms with Crippen LogP contribution in [0.15, 0.2) is 16.7 Å². The van der Waals surface area contributed by atoms with Crippen molar-refractivity contribution < 1.29 is 14.6 Å². The molecule has 16 heavy (non-hydrogen) atoms. The smallest absolute Gasteiger partial charge is 0.166 e. The van der Waals surface area contributed by atoms with E-state index in [1.54, 1.807) is 12.1 Å². The lowest BCUT2D eigenvalue weighted by atomic mass is 10.1. The van der Waals surface area contributed by atoms with E-state index in [1.165, 1.54) is 0 Å².